The van der Waals surface area contributed by atoms with Gasteiger partial charge in [-0.1, -0.05) is 6.07 Å². The van der Waals surface area contributed by atoms with E-state index in [1.54, 1.807) is 22.8 Å². The van der Waals surface area contributed by atoms with Gasteiger partial charge in [0, 0.05) is 44.2 Å². The zero-order chi connectivity index (χ0) is 16.1. The summed E-state index contributed by atoms with van der Waals surface area (Å²) in [6, 6.07) is 5.52. The number of amides is 2. The summed E-state index contributed by atoms with van der Waals surface area (Å²) in [5.74, 6) is -0.592. The Hall–Kier alpha value is -1.66. The molecular formula is C16H23ClFN3O2. The first kappa shape index (κ1) is 19.4. The third-order valence-corrected chi connectivity index (χ3v) is 3.70. The molecule has 2 N–H and O–H groups in total. The molecule has 7 heteroatoms. The predicted molar refractivity (Wildman–Crippen MR) is 89.0 cm³/mol. The normalized spacial score (nSPS) is 16.3. The van der Waals surface area contributed by atoms with Gasteiger partial charge in [-0.25, -0.2) is 4.39 Å². The van der Waals surface area contributed by atoms with Gasteiger partial charge in [0.05, 0.1) is 0 Å². The third-order valence-electron chi connectivity index (χ3n) is 3.70. The van der Waals surface area contributed by atoms with Crippen molar-refractivity contribution >= 4 is 24.2 Å². The number of benzene rings is 1. The van der Waals surface area contributed by atoms with Crippen LogP contribution in [0.25, 0.3) is 0 Å². The molecule has 0 spiro atoms. The Kier molecular flexibility index (Phi) is 7.45. The average Bonchev–Trinajstić information content (AvgIpc) is 2.71. The Balaban J connectivity index is 0.00000264. The van der Waals surface area contributed by atoms with E-state index in [0.29, 0.717) is 44.6 Å². The first-order valence-electron chi connectivity index (χ1n) is 7.55. The van der Waals surface area contributed by atoms with E-state index in [1.165, 1.54) is 18.2 Å². The van der Waals surface area contributed by atoms with Crippen LogP contribution in [-0.4, -0.2) is 53.8 Å². The molecule has 1 aliphatic rings. The van der Waals surface area contributed by atoms with Gasteiger partial charge in [0.15, 0.2) is 0 Å². The van der Waals surface area contributed by atoms with Crippen LogP contribution in [-0.2, 0) is 4.79 Å². The van der Waals surface area contributed by atoms with Crippen molar-refractivity contribution in [2.24, 2.45) is 5.73 Å². The minimum absolute atomic E-state index is 0. The molecule has 2 rings (SSSR count). The highest BCUT2D eigenvalue weighted by Crippen LogP contribution is 2.11. The summed E-state index contributed by atoms with van der Waals surface area (Å²) in [5, 5.41) is 0. The molecule has 1 atom stereocenters. The number of carbonyl (C=O) groups excluding carboxylic acids is 2. The van der Waals surface area contributed by atoms with Crippen LogP contribution in [0.15, 0.2) is 24.3 Å². The molecule has 1 aliphatic heterocycles. The lowest BCUT2D eigenvalue weighted by Gasteiger charge is -2.23. The summed E-state index contributed by atoms with van der Waals surface area (Å²) in [7, 11) is 0. The maximum atomic E-state index is 13.2. The molecule has 23 heavy (non-hydrogen) atoms. The number of carbonyl (C=O) groups is 2. The topological polar surface area (TPSA) is 66.6 Å². The molecule has 1 saturated heterocycles. The van der Waals surface area contributed by atoms with Crippen molar-refractivity contribution in [2.75, 3.05) is 26.2 Å². The number of halogens is 2. The molecule has 0 radical (unpaired) electrons. The summed E-state index contributed by atoms with van der Waals surface area (Å²) in [6.07, 6.45) is 1.03. The summed E-state index contributed by atoms with van der Waals surface area (Å²) in [5.41, 5.74) is 6.00. The molecule has 1 aromatic rings. The fourth-order valence-corrected chi connectivity index (χ4v) is 2.58. The van der Waals surface area contributed by atoms with E-state index >= 15 is 0 Å². The second-order valence-electron chi connectivity index (χ2n) is 5.72. The Morgan fingerprint density at radius 2 is 1.87 bits per heavy atom. The van der Waals surface area contributed by atoms with Crippen molar-refractivity contribution in [1.82, 2.24) is 9.80 Å². The lowest BCUT2D eigenvalue weighted by molar-refractivity contribution is -0.131. The monoisotopic (exact) mass is 343 g/mol. The molecule has 0 saturated carbocycles. The molecule has 0 bridgehead atoms. The van der Waals surface area contributed by atoms with Crippen LogP contribution in [0.4, 0.5) is 4.39 Å². The van der Waals surface area contributed by atoms with Crippen LogP contribution in [0, 0.1) is 5.82 Å². The van der Waals surface area contributed by atoms with Crippen molar-refractivity contribution in [2.45, 2.75) is 25.8 Å². The largest absolute Gasteiger partial charge is 0.341 e. The molecular weight excluding hydrogens is 321 g/mol. The van der Waals surface area contributed by atoms with Gasteiger partial charge in [0.25, 0.3) is 5.91 Å². The molecule has 5 nitrogen and oxygen atoms in total. The highest BCUT2D eigenvalue weighted by atomic mass is 35.5. The van der Waals surface area contributed by atoms with Crippen LogP contribution >= 0.6 is 12.4 Å². The van der Waals surface area contributed by atoms with Gasteiger partial charge in [-0.15, -0.1) is 12.4 Å². The molecule has 2 amide bonds. The lowest BCUT2D eigenvalue weighted by atomic mass is 10.2. The van der Waals surface area contributed by atoms with E-state index in [0.717, 1.165) is 0 Å². The van der Waals surface area contributed by atoms with Crippen molar-refractivity contribution < 1.29 is 14.0 Å². The summed E-state index contributed by atoms with van der Waals surface area (Å²) >= 11 is 0. The lowest BCUT2D eigenvalue weighted by Crippen LogP contribution is -2.39. The molecule has 1 fully saturated rings. The minimum Gasteiger partial charge on any atom is -0.341 e. The Labute approximate surface area is 142 Å². The highest BCUT2D eigenvalue weighted by molar-refractivity contribution is 5.94. The second kappa shape index (κ2) is 8.84. The molecule has 1 aromatic carbocycles. The van der Waals surface area contributed by atoms with Gasteiger partial charge in [-0.2, -0.15) is 0 Å². The SMILES string of the molecule is CC(N)CC(=O)N1CCCN(C(=O)c2cccc(F)c2)CC1.Cl. The van der Waals surface area contributed by atoms with Crippen molar-refractivity contribution in [3.05, 3.63) is 35.6 Å². The van der Waals surface area contributed by atoms with Crippen LogP contribution < -0.4 is 5.73 Å². The first-order valence-corrected chi connectivity index (χ1v) is 7.55. The maximum absolute atomic E-state index is 13.2. The van der Waals surface area contributed by atoms with Gasteiger partial charge in [-0.3, -0.25) is 9.59 Å². The van der Waals surface area contributed by atoms with Gasteiger partial charge < -0.3 is 15.5 Å². The van der Waals surface area contributed by atoms with Gasteiger partial charge in [0.2, 0.25) is 5.91 Å². The fraction of sp³-hybridized carbons (Fsp3) is 0.500. The smallest absolute Gasteiger partial charge is 0.254 e. The zero-order valence-electron chi connectivity index (χ0n) is 13.2. The van der Waals surface area contributed by atoms with E-state index < -0.39 is 5.82 Å². The predicted octanol–water partition coefficient (Wildman–Crippen LogP) is 1.66. The maximum Gasteiger partial charge on any atom is 0.254 e. The van der Waals surface area contributed by atoms with E-state index in [1.807, 2.05) is 0 Å². The number of nitrogens with two attached hydrogens (primary N) is 1. The Morgan fingerprint density at radius 1 is 1.22 bits per heavy atom. The van der Waals surface area contributed by atoms with Crippen LogP contribution in [0.3, 0.4) is 0 Å². The Bertz CT molecular complexity index is 554. The Morgan fingerprint density at radius 3 is 2.52 bits per heavy atom. The molecule has 0 aromatic heterocycles. The zero-order valence-corrected chi connectivity index (χ0v) is 14.0. The highest BCUT2D eigenvalue weighted by Gasteiger charge is 2.23. The molecule has 1 heterocycles. The van der Waals surface area contributed by atoms with Crippen LogP contribution in [0.5, 0.6) is 0 Å². The molecule has 1 unspecified atom stereocenters. The minimum atomic E-state index is -0.422. The van der Waals surface area contributed by atoms with Crippen molar-refractivity contribution in [3.63, 3.8) is 0 Å². The second-order valence-corrected chi connectivity index (χ2v) is 5.72. The quantitative estimate of drug-likeness (QED) is 0.907. The molecule has 128 valence electrons. The van der Waals surface area contributed by atoms with E-state index in [-0.39, 0.29) is 30.3 Å². The van der Waals surface area contributed by atoms with Gasteiger partial charge in [-0.05, 0) is 31.5 Å². The average molecular weight is 344 g/mol. The first-order chi connectivity index (χ1) is 10.5. The van der Waals surface area contributed by atoms with E-state index in [2.05, 4.69) is 0 Å². The number of nitrogens with zero attached hydrogens (tertiary/aromatic N) is 2. The number of hydrogen-bond donors (Lipinski definition) is 1. The summed E-state index contributed by atoms with van der Waals surface area (Å²) in [4.78, 5) is 27.9. The van der Waals surface area contributed by atoms with Crippen LogP contribution in [0.2, 0.25) is 0 Å². The number of rotatable bonds is 3. The van der Waals surface area contributed by atoms with Crippen LogP contribution in [0.1, 0.15) is 30.1 Å². The van der Waals surface area contributed by atoms with Crippen molar-refractivity contribution in [1.29, 1.82) is 0 Å². The third kappa shape index (κ3) is 5.48. The number of hydrogen-bond acceptors (Lipinski definition) is 3. The fourth-order valence-electron chi connectivity index (χ4n) is 2.58. The molecule has 0 aliphatic carbocycles. The van der Waals surface area contributed by atoms with Gasteiger partial charge in [0.1, 0.15) is 5.82 Å². The summed E-state index contributed by atoms with van der Waals surface area (Å²) < 4.78 is 13.2. The van der Waals surface area contributed by atoms with Gasteiger partial charge >= 0.3 is 0 Å². The summed E-state index contributed by atoms with van der Waals surface area (Å²) in [6.45, 7) is 3.94. The van der Waals surface area contributed by atoms with E-state index in [4.69, 9.17) is 5.73 Å². The van der Waals surface area contributed by atoms with Crippen molar-refractivity contribution in [3.8, 4) is 0 Å². The standard InChI is InChI=1S/C16H22FN3O2.ClH/c1-12(18)10-15(21)19-6-3-7-20(9-8-19)16(22)13-4-2-5-14(17)11-13;/h2,4-5,11-12H,3,6-10,18H2,1H3;1H. The van der Waals surface area contributed by atoms with E-state index in [9.17, 15) is 14.0 Å².